The number of aromatic nitrogens is 2. The first-order valence-corrected chi connectivity index (χ1v) is 11.3. The first kappa shape index (κ1) is 20.0. The second kappa shape index (κ2) is 7.85. The van der Waals surface area contributed by atoms with Crippen LogP contribution in [0.3, 0.4) is 0 Å². The highest BCUT2D eigenvalue weighted by atomic mass is 32.2. The van der Waals surface area contributed by atoms with Gasteiger partial charge in [-0.2, -0.15) is 0 Å². The first-order valence-electron chi connectivity index (χ1n) is 9.05. The molecule has 2 aromatic carbocycles. The molecule has 0 radical (unpaired) electrons. The zero-order valence-corrected chi connectivity index (χ0v) is 17.8. The summed E-state index contributed by atoms with van der Waals surface area (Å²) >= 11 is 1.20. The van der Waals surface area contributed by atoms with E-state index >= 15 is 0 Å². The normalized spacial score (nSPS) is 11.4. The van der Waals surface area contributed by atoms with Crippen LogP contribution in [0.5, 0.6) is 0 Å². The van der Waals surface area contributed by atoms with E-state index < -0.39 is 10.0 Å². The Morgan fingerprint density at radius 1 is 1.03 bits per heavy atom. The van der Waals surface area contributed by atoms with Crippen molar-refractivity contribution in [3.8, 4) is 0 Å². The molecule has 4 aromatic rings. The van der Waals surface area contributed by atoms with Gasteiger partial charge < -0.3 is 5.32 Å². The molecular formula is C21H18N4O3S2. The second-order valence-corrected chi connectivity index (χ2v) is 9.46. The van der Waals surface area contributed by atoms with E-state index in [-0.39, 0.29) is 15.9 Å². The van der Waals surface area contributed by atoms with E-state index in [4.69, 9.17) is 0 Å². The molecule has 0 saturated heterocycles. The van der Waals surface area contributed by atoms with Crippen LogP contribution in [0.1, 0.15) is 21.6 Å². The highest BCUT2D eigenvalue weighted by molar-refractivity contribution is 7.93. The predicted molar refractivity (Wildman–Crippen MR) is 119 cm³/mol. The maximum Gasteiger partial charge on any atom is 0.274 e. The van der Waals surface area contributed by atoms with Gasteiger partial charge in [0.1, 0.15) is 5.69 Å². The minimum Gasteiger partial charge on any atom is -0.321 e. The summed E-state index contributed by atoms with van der Waals surface area (Å²) in [6.45, 7) is 3.75. The minimum absolute atomic E-state index is 0.174. The van der Waals surface area contributed by atoms with Gasteiger partial charge in [0.2, 0.25) is 0 Å². The van der Waals surface area contributed by atoms with Crippen molar-refractivity contribution in [2.45, 2.75) is 18.7 Å². The third-order valence-corrected chi connectivity index (χ3v) is 6.80. The molecule has 0 saturated carbocycles. The van der Waals surface area contributed by atoms with Crippen LogP contribution in [0.25, 0.3) is 10.2 Å². The minimum atomic E-state index is -3.74. The fraction of sp³-hybridized carbons (Fsp3) is 0.0952. The number of nitrogens with zero attached hydrogens (tertiary/aromatic N) is 2. The molecule has 0 bridgehead atoms. The summed E-state index contributed by atoms with van der Waals surface area (Å²) < 4.78 is 28.6. The van der Waals surface area contributed by atoms with Crippen LogP contribution in [0.4, 0.5) is 10.8 Å². The second-order valence-electron chi connectivity index (χ2n) is 6.75. The monoisotopic (exact) mass is 438 g/mol. The number of carbonyl (C=O) groups excluding carboxylic acids is 1. The van der Waals surface area contributed by atoms with Gasteiger partial charge in [0, 0.05) is 11.9 Å². The SMILES string of the molecule is Cc1ccc(S(=O)(=O)Nc2nc3c(C)cc(NC(=O)c4ccccn4)cc3s2)cc1. The highest BCUT2D eigenvalue weighted by Crippen LogP contribution is 2.32. The summed E-state index contributed by atoms with van der Waals surface area (Å²) in [5.74, 6) is -0.320. The number of fused-ring (bicyclic) bond motifs is 1. The van der Waals surface area contributed by atoms with Crippen molar-refractivity contribution in [3.63, 3.8) is 0 Å². The van der Waals surface area contributed by atoms with Crippen molar-refractivity contribution < 1.29 is 13.2 Å². The van der Waals surface area contributed by atoms with Crippen LogP contribution in [0.2, 0.25) is 0 Å². The van der Waals surface area contributed by atoms with Gasteiger partial charge in [0.15, 0.2) is 5.13 Å². The van der Waals surface area contributed by atoms with Gasteiger partial charge in [-0.15, -0.1) is 0 Å². The number of aryl methyl sites for hydroxylation is 2. The van der Waals surface area contributed by atoms with Crippen molar-refractivity contribution in [2.75, 3.05) is 10.0 Å². The van der Waals surface area contributed by atoms with Crippen molar-refractivity contribution >= 4 is 48.3 Å². The van der Waals surface area contributed by atoms with E-state index in [2.05, 4.69) is 20.0 Å². The fourth-order valence-electron chi connectivity index (χ4n) is 2.90. The molecule has 7 nitrogen and oxygen atoms in total. The van der Waals surface area contributed by atoms with Gasteiger partial charge in [-0.25, -0.2) is 13.4 Å². The number of carbonyl (C=O) groups is 1. The number of benzene rings is 2. The molecule has 1 amide bonds. The van der Waals surface area contributed by atoms with Crippen LogP contribution in [0.15, 0.2) is 65.7 Å². The van der Waals surface area contributed by atoms with Gasteiger partial charge in [0.05, 0.1) is 15.1 Å². The lowest BCUT2D eigenvalue weighted by Crippen LogP contribution is -2.13. The average molecular weight is 439 g/mol. The number of hydrogen-bond acceptors (Lipinski definition) is 6. The fourth-order valence-corrected chi connectivity index (χ4v) is 5.11. The molecule has 30 heavy (non-hydrogen) atoms. The lowest BCUT2D eigenvalue weighted by molar-refractivity contribution is 0.102. The molecule has 2 aromatic heterocycles. The maximum absolute atomic E-state index is 12.6. The number of rotatable bonds is 5. The number of hydrogen-bond donors (Lipinski definition) is 2. The Morgan fingerprint density at radius 2 is 1.80 bits per heavy atom. The lowest BCUT2D eigenvalue weighted by Gasteiger charge is -2.06. The third-order valence-electron chi connectivity index (χ3n) is 4.39. The highest BCUT2D eigenvalue weighted by Gasteiger charge is 2.18. The van der Waals surface area contributed by atoms with Crippen molar-refractivity contribution in [2.24, 2.45) is 0 Å². The molecule has 0 aliphatic heterocycles. The number of pyridine rings is 1. The van der Waals surface area contributed by atoms with Gasteiger partial charge in [0.25, 0.3) is 15.9 Å². The largest absolute Gasteiger partial charge is 0.321 e. The molecule has 4 rings (SSSR count). The molecule has 2 N–H and O–H groups in total. The Hall–Kier alpha value is -3.30. The zero-order valence-electron chi connectivity index (χ0n) is 16.2. The molecular weight excluding hydrogens is 420 g/mol. The van der Waals surface area contributed by atoms with E-state index in [1.165, 1.54) is 11.3 Å². The summed E-state index contributed by atoms with van der Waals surface area (Å²) in [5.41, 5.74) is 3.38. The standard InChI is InChI=1S/C21H18N4O3S2/c1-13-6-8-16(9-7-13)30(27,28)25-21-24-19-14(2)11-15(12-18(19)29-21)23-20(26)17-5-3-4-10-22-17/h3-12H,1-2H3,(H,23,26)(H,24,25). The summed E-state index contributed by atoms with van der Waals surface area (Å²) in [6.07, 6.45) is 1.55. The Balaban J connectivity index is 1.60. The molecule has 0 fully saturated rings. The smallest absolute Gasteiger partial charge is 0.274 e. The molecule has 0 aliphatic carbocycles. The van der Waals surface area contributed by atoms with Crippen LogP contribution in [-0.4, -0.2) is 24.3 Å². The number of sulfonamides is 1. The summed E-state index contributed by atoms with van der Waals surface area (Å²) in [4.78, 5) is 21.0. The van der Waals surface area contributed by atoms with Crippen molar-refractivity contribution in [1.82, 2.24) is 9.97 Å². The topological polar surface area (TPSA) is 101 Å². The summed E-state index contributed by atoms with van der Waals surface area (Å²) in [6, 6.07) is 15.3. The summed E-state index contributed by atoms with van der Waals surface area (Å²) in [5, 5.41) is 3.08. The van der Waals surface area contributed by atoms with Crippen molar-refractivity contribution in [1.29, 1.82) is 0 Å². The number of amides is 1. The molecule has 0 atom stereocenters. The van der Waals surface area contributed by atoms with Gasteiger partial charge >= 0.3 is 0 Å². The zero-order chi connectivity index (χ0) is 21.3. The van der Waals surface area contributed by atoms with E-state index in [0.717, 1.165) is 15.8 Å². The average Bonchev–Trinajstić information content (AvgIpc) is 3.11. The third kappa shape index (κ3) is 4.17. The van der Waals surface area contributed by atoms with Crippen LogP contribution < -0.4 is 10.0 Å². The number of nitrogens with one attached hydrogen (secondary N) is 2. The number of anilines is 2. The van der Waals surface area contributed by atoms with Gasteiger partial charge in [-0.1, -0.05) is 35.1 Å². The molecule has 2 heterocycles. The van der Waals surface area contributed by atoms with E-state index in [0.29, 0.717) is 16.9 Å². The van der Waals surface area contributed by atoms with Gasteiger partial charge in [-0.3, -0.25) is 14.5 Å². The maximum atomic E-state index is 12.6. The van der Waals surface area contributed by atoms with Crippen LogP contribution >= 0.6 is 11.3 Å². The molecule has 0 spiro atoms. The number of thiazole rings is 1. The predicted octanol–water partition coefficient (Wildman–Crippen LogP) is 4.36. The van der Waals surface area contributed by atoms with Crippen LogP contribution in [-0.2, 0) is 10.0 Å². The molecule has 9 heteroatoms. The van der Waals surface area contributed by atoms with Crippen molar-refractivity contribution in [3.05, 3.63) is 77.6 Å². The van der Waals surface area contributed by atoms with Crippen LogP contribution in [0, 0.1) is 13.8 Å². The quantitative estimate of drug-likeness (QED) is 0.482. The Bertz CT molecular complexity index is 1330. The van der Waals surface area contributed by atoms with E-state index in [9.17, 15) is 13.2 Å². The molecule has 0 unspecified atom stereocenters. The van der Waals surface area contributed by atoms with Gasteiger partial charge in [-0.05, 0) is 55.8 Å². The Labute approximate surface area is 177 Å². The molecule has 152 valence electrons. The Morgan fingerprint density at radius 3 is 2.50 bits per heavy atom. The lowest BCUT2D eigenvalue weighted by atomic mass is 10.2. The molecule has 0 aliphatic rings. The van der Waals surface area contributed by atoms with E-state index in [1.807, 2.05) is 13.8 Å². The Kier molecular flexibility index (Phi) is 5.23. The first-order chi connectivity index (χ1) is 14.3. The summed E-state index contributed by atoms with van der Waals surface area (Å²) in [7, 11) is -3.74. The van der Waals surface area contributed by atoms with E-state index in [1.54, 1.807) is 60.8 Å².